The van der Waals surface area contributed by atoms with Gasteiger partial charge in [-0.15, -0.1) is 0 Å². The first-order chi connectivity index (χ1) is 32.0. The SMILES string of the molecule is CC1(C)c2ccccc2-c2ccc(N(c3ccc(-c4ccccc4)cc3)c3ccc(-c4cccc(-c5ccc6c(c5)c5ccccc5n6-c5ccc(-c6ccccc6)cc5)c4)cc3)cc21. The molecule has 0 aliphatic heterocycles. The van der Waals surface area contributed by atoms with E-state index in [0.29, 0.717) is 0 Å². The molecule has 0 unspecified atom stereocenters. The standard InChI is InChI=1S/C63H46N2/c1-63(2)59-22-11-9-20-55(59)56-38-37-54(42-60(56)63)64(51-31-24-45(25-32-51)43-14-5-3-6-15-43)52-33-28-47(29-34-52)48-18-13-19-49(40-48)50-30-39-62-58(41-50)57-21-10-12-23-61(57)65(62)53-35-26-46(27-36-53)44-16-7-4-8-17-44/h3-42H,1-2H3. The highest BCUT2D eigenvalue weighted by Gasteiger charge is 2.35. The summed E-state index contributed by atoms with van der Waals surface area (Å²) in [6, 6.07) is 88.7. The van der Waals surface area contributed by atoms with Crippen molar-refractivity contribution in [3.05, 3.63) is 254 Å². The number of anilines is 3. The third kappa shape index (κ3) is 6.65. The summed E-state index contributed by atoms with van der Waals surface area (Å²) >= 11 is 0. The van der Waals surface area contributed by atoms with Crippen molar-refractivity contribution < 1.29 is 0 Å². The summed E-state index contributed by atoms with van der Waals surface area (Å²) in [6.45, 7) is 4.71. The summed E-state index contributed by atoms with van der Waals surface area (Å²) in [4.78, 5) is 2.40. The van der Waals surface area contributed by atoms with Crippen molar-refractivity contribution in [2.45, 2.75) is 19.3 Å². The highest BCUT2D eigenvalue weighted by molar-refractivity contribution is 6.10. The van der Waals surface area contributed by atoms with Crippen LogP contribution in [-0.4, -0.2) is 4.57 Å². The predicted molar refractivity (Wildman–Crippen MR) is 275 cm³/mol. The third-order valence-corrected chi connectivity index (χ3v) is 13.6. The van der Waals surface area contributed by atoms with Gasteiger partial charge in [-0.3, -0.25) is 0 Å². The average molecular weight is 831 g/mol. The van der Waals surface area contributed by atoms with Crippen molar-refractivity contribution in [1.29, 1.82) is 0 Å². The number of fused-ring (bicyclic) bond motifs is 6. The fourth-order valence-corrected chi connectivity index (χ4v) is 10.3. The van der Waals surface area contributed by atoms with Crippen LogP contribution in [0, 0.1) is 0 Å². The van der Waals surface area contributed by atoms with Crippen LogP contribution in [0.15, 0.2) is 243 Å². The van der Waals surface area contributed by atoms with E-state index in [2.05, 4.69) is 266 Å². The monoisotopic (exact) mass is 830 g/mol. The molecule has 11 aromatic rings. The molecule has 0 atom stereocenters. The molecule has 0 spiro atoms. The Kier molecular flexibility index (Phi) is 9.21. The number of rotatable bonds is 8. The van der Waals surface area contributed by atoms with Crippen molar-refractivity contribution in [2.75, 3.05) is 4.90 Å². The van der Waals surface area contributed by atoms with Crippen LogP contribution < -0.4 is 4.90 Å². The second kappa shape index (κ2) is 15.6. The minimum atomic E-state index is -0.101. The quantitative estimate of drug-likeness (QED) is 0.148. The van der Waals surface area contributed by atoms with E-state index in [1.54, 1.807) is 0 Å². The molecule has 1 aromatic heterocycles. The zero-order chi connectivity index (χ0) is 43.5. The Bertz CT molecular complexity index is 3520. The van der Waals surface area contributed by atoms with E-state index in [0.717, 1.165) is 22.7 Å². The number of hydrogen-bond donors (Lipinski definition) is 0. The van der Waals surface area contributed by atoms with Gasteiger partial charge < -0.3 is 9.47 Å². The minimum absolute atomic E-state index is 0.101. The van der Waals surface area contributed by atoms with Crippen LogP contribution in [0.3, 0.4) is 0 Å². The summed E-state index contributed by atoms with van der Waals surface area (Å²) in [5, 5.41) is 2.50. The van der Waals surface area contributed by atoms with Gasteiger partial charge in [0.1, 0.15) is 0 Å². The Balaban J connectivity index is 0.890. The lowest BCUT2D eigenvalue weighted by Crippen LogP contribution is -2.16. The van der Waals surface area contributed by atoms with E-state index in [9.17, 15) is 0 Å². The lowest BCUT2D eigenvalue weighted by Gasteiger charge is -2.28. The van der Waals surface area contributed by atoms with Crippen LogP contribution in [0.4, 0.5) is 17.1 Å². The number of hydrogen-bond acceptors (Lipinski definition) is 1. The molecule has 12 rings (SSSR count). The Morgan fingerprint density at radius 1 is 0.308 bits per heavy atom. The molecule has 0 radical (unpaired) electrons. The van der Waals surface area contributed by atoms with Crippen molar-refractivity contribution >= 4 is 38.9 Å². The summed E-state index contributed by atoms with van der Waals surface area (Å²) in [5.41, 5.74) is 21.8. The largest absolute Gasteiger partial charge is 0.310 e. The topological polar surface area (TPSA) is 8.17 Å². The van der Waals surface area contributed by atoms with E-state index < -0.39 is 0 Å². The molecule has 2 nitrogen and oxygen atoms in total. The van der Waals surface area contributed by atoms with Crippen LogP contribution in [0.1, 0.15) is 25.0 Å². The van der Waals surface area contributed by atoms with Crippen molar-refractivity contribution in [1.82, 2.24) is 4.57 Å². The van der Waals surface area contributed by atoms with Gasteiger partial charge in [-0.1, -0.05) is 184 Å². The van der Waals surface area contributed by atoms with Gasteiger partial charge in [-0.05, 0) is 140 Å². The smallest absolute Gasteiger partial charge is 0.0541 e. The maximum atomic E-state index is 2.41. The fourth-order valence-electron chi connectivity index (χ4n) is 10.3. The highest BCUT2D eigenvalue weighted by Crippen LogP contribution is 2.51. The Labute approximate surface area is 381 Å². The maximum Gasteiger partial charge on any atom is 0.0541 e. The first-order valence-electron chi connectivity index (χ1n) is 22.6. The van der Waals surface area contributed by atoms with Crippen molar-refractivity contribution in [2.24, 2.45) is 0 Å². The predicted octanol–water partition coefficient (Wildman–Crippen LogP) is 17.2. The zero-order valence-corrected chi connectivity index (χ0v) is 36.5. The van der Waals surface area contributed by atoms with E-state index in [4.69, 9.17) is 0 Å². The second-order valence-corrected chi connectivity index (χ2v) is 17.8. The molecule has 308 valence electrons. The van der Waals surface area contributed by atoms with Crippen LogP contribution in [0.5, 0.6) is 0 Å². The first-order valence-corrected chi connectivity index (χ1v) is 22.6. The van der Waals surface area contributed by atoms with Crippen LogP contribution in [0.2, 0.25) is 0 Å². The lowest BCUT2D eigenvalue weighted by molar-refractivity contribution is 0.660. The molecule has 1 heterocycles. The molecule has 1 aliphatic carbocycles. The van der Waals surface area contributed by atoms with Crippen molar-refractivity contribution in [3.8, 4) is 61.3 Å². The number of aromatic nitrogens is 1. The molecule has 0 saturated heterocycles. The minimum Gasteiger partial charge on any atom is -0.310 e. The molecule has 0 saturated carbocycles. The molecule has 2 heteroatoms. The Morgan fingerprint density at radius 3 is 1.45 bits per heavy atom. The molecule has 65 heavy (non-hydrogen) atoms. The van der Waals surface area contributed by atoms with Gasteiger partial charge in [0.25, 0.3) is 0 Å². The van der Waals surface area contributed by atoms with Gasteiger partial charge in [0, 0.05) is 38.9 Å². The fraction of sp³-hybridized carbons (Fsp3) is 0.0476. The number of nitrogens with zero attached hydrogens (tertiary/aromatic N) is 2. The normalized spacial score (nSPS) is 12.6. The summed E-state index contributed by atoms with van der Waals surface area (Å²) in [7, 11) is 0. The van der Waals surface area contributed by atoms with Gasteiger partial charge in [0.15, 0.2) is 0 Å². The molecule has 10 aromatic carbocycles. The van der Waals surface area contributed by atoms with Gasteiger partial charge in [-0.2, -0.15) is 0 Å². The van der Waals surface area contributed by atoms with E-state index >= 15 is 0 Å². The molecule has 0 N–H and O–H groups in total. The van der Waals surface area contributed by atoms with Gasteiger partial charge in [0.2, 0.25) is 0 Å². The molecule has 1 aliphatic rings. The van der Waals surface area contributed by atoms with Gasteiger partial charge in [-0.25, -0.2) is 0 Å². The first kappa shape index (κ1) is 38.5. The maximum absolute atomic E-state index is 2.41. The average Bonchev–Trinajstić information content (AvgIpc) is 3.82. The third-order valence-electron chi connectivity index (χ3n) is 13.6. The molecule has 0 fully saturated rings. The number of benzene rings is 10. The summed E-state index contributed by atoms with van der Waals surface area (Å²) in [5.74, 6) is 0. The molecule has 0 amide bonds. The second-order valence-electron chi connectivity index (χ2n) is 17.8. The lowest BCUT2D eigenvalue weighted by atomic mass is 9.82. The Morgan fingerprint density at radius 2 is 0.769 bits per heavy atom. The van der Waals surface area contributed by atoms with Crippen LogP contribution in [0.25, 0.3) is 83.1 Å². The van der Waals surface area contributed by atoms with E-state index in [1.807, 2.05) is 0 Å². The zero-order valence-electron chi connectivity index (χ0n) is 36.5. The highest BCUT2D eigenvalue weighted by atomic mass is 15.1. The summed E-state index contributed by atoms with van der Waals surface area (Å²) < 4.78 is 2.39. The molecular formula is C63H46N2. The Hall–Kier alpha value is -8.20. The number of para-hydroxylation sites is 1. The molecular weight excluding hydrogens is 785 g/mol. The van der Waals surface area contributed by atoms with Gasteiger partial charge in [0.05, 0.1) is 11.0 Å². The van der Waals surface area contributed by atoms with Crippen molar-refractivity contribution in [3.63, 3.8) is 0 Å². The van der Waals surface area contributed by atoms with Crippen LogP contribution in [-0.2, 0) is 5.41 Å². The van der Waals surface area contributed by atoms with E-state index in [1.165, 1.54) is 88.6 Å². The van der Waals surface area contributed by atoms with E-state index in [-0.39, 0.29) is 5.41 Å². The van der Waals surface area contributed by atoms with Crippen LogP contribution >= 0.6 is 0 Å². The van der Waals surface area contributed by atoms with Gasteiger partial charge >= 0.3 is 0 Å². The summed E-state index contributed by atoms with van der Waals surface area (Å²) in [6.07, 6.45) is 0. The molecule has 0 bridgehead atoms.